The Morgan fingerprint density at radius 1 is 1.24 bits per heavy atom. The van der Waals surface area contributed by atoms with E-state index in [1.54, 1.807) is 0 Å². The summed E-state index contributed by atoms with van der Waals surface area (Å²) in [4.78, 5) is 3.27. The van der Waals surface area contributed by atoms with Gasteiger partial charge in [-0.3, -0.25) is 4.57 Å². The first kappa shape index (κ1) is 14.6. The van der Waals surface area contributed by atoms with E-state index >= 15 is 0 Å². The molecule has 0 amide bonds. The van der Waals surface area contributed by atoms with Gasteiger partial charge in [-0.25, -0.2) is 0 Å². The average molecular weight is 410 g/mol. The summed E-state index contributed by atoms with van der Waals surface area (Å²) in [6, 6.07) is 14.3. The molecule has 108 valence electrons. The molecule has 2 aromatic carbocycles. The number of nitrogens with one attached hydrogen (secondary N) is 1. The number of halogens is 1. The SMILES string of the molecule is CCCOc1cccc2c1[nH]c(=S)n2-c1cccc(I)c1. The van der Waals surface area contributed by atoms with Crippen LogP contribution in [0.1, 0.15) is 13.3 Å². The summed E-state index contributed by atoms with van der Waals surface area (Å²) in [5, 5.41) is 0. The van der Waals surface area contributed by atoms with E-state index in [0.717, 1.165) is 28.9 Å². The van der Waals surface area contributed by atoms with E-state index in [-0.39, 0.29) is 0 Å². The number of rotatable bonds is 4. The first-order valence-corrected chi connectivity index (χ1v) is 8.32. The number of nitrogens with zero attached hydrogens (tertiary/aromatic N) is 1. The van der Waals surface area contributed by atoms with Gasteiger partial charge in [0.2, 0.25) is 0 Å². The predicted molar refractivity (Wildman–Crippen MR) is 97.0 cm³/mol. The number of fused-ring (bicyclic) bond motifs is 1. The maximum absolute atomic E-state index is 5.80. The van der Waals surface area contributed by atoms with Crippen molar-refractivity contribution in [1.82, 2.24) is 9.55 Å². The number of aromatic nitrogens is 2. The van der Waals surface area contributed by atoms with Crippen molar-refractivity contribution >= 4 is 45.8 Å². The molecule has 21 heavy (non-hydrogen) atoms. The van der Waals surface area contributed by atoms with Gasteiger partial charge in [-0.15, -0.1) is 0 Å². The lowest BCUT2D eigenvalue weighted by Crippen LogP contribution is -1.96. The number of hydrogen-bond acceptors (Lipinski definition) is 2. The minimum absolute atomic E-state index is 0.680. The van der Waals surface area contributed by atoms with Gasteiger partial charge in [0.25, 0.3) is 0 Å². The van der Waals surface area contributed by atoms with Gasteiger partial charge in [-0.05, 0) is 71.6 Å². The van der Waals surface area contributed by atoms with E-state index in [1.807, 2.05) is 22.8 Å². The van der Waals surface area contributed by atoms with Crippen molar-refractivity contribution in [1.29, 1.82) is 0 Å². The Labute approximate surface area is 142 Å². The number of hydrogen-bond donors (Lipinski definition) is 1. The monoisotopic (exact) mass is 410 g/mol. The standard InChI is InChI=1S/C16H15IN2OS/c1-2-9-20-14-8-4-7-13-15(14)18-16(21)19(13)12-6-3-5-11(17)10-12/h3-8,10H,2,9H2,1H3,(H,18,21). The fourth-order valence-electron chi connectivity index (χ4n) is 2.31. The fourth-order valence-corrected chi connectivity index (χ4v) is 3.14. The summed E-state index contributed by atoms with van der Waals surface area (Å²) in [6.07, 6.45) is 0.981. The van der Waals surface area contributed by atoms with E-state index in [4.69, 9.17) is 17.0 Å². The smallest absolute Gasteiger partial charge is 0.182 e. The molecule has 1 heterocycles. The van der Waals surface area contributed by atoms with E-state index in [1.165, 1.54) is 3.57 Å². The molecule has 1 aromatic heterocycles. The van der Waals surface area contributed by atoms with Crippen molar-refractivity contribution in [2.24, 2.45) is 0 Å². The van der Waals surface area contributed by atoms with Crippen LogP contribution in [-0.2, 0) is 0 Å². The highest BCUT2D eigenvalue weighted by molar-refractivity contribution is 14.1. The van der Waals surface area contributed by atoms with Gasteiger partial charge < -0.3 is 9.72 Å². The van der Waals surface area contributed by atoms with Crippen molar-refractivity contribution in [3.05, 3.63) is 50.8 Å². The maximum Gasteiger partial charge on any atom is 0.182 e. The number of H-pyrrole nitrogens is 1. The molecule has 0 aliphatic rings. The summed E-state index contributed by atoms with van der Waals surface area (Å²) in [6.45, 7) is 2.80. The zero-order valence-corrected chi connectivity index (χ0v) is 14.6. The zero-order chi connectivity index (χ0) is 14.8. The molecular weight excluding hydrogens is 395 g/mol. The molecular formula is C16H15IN2OS. The fraction of sp³-hybridized carbons (Fsp3) is 0.188. The summed E-state index contributed by atoms with van der Waals surface area (Å²) in [5.41, 5.74) is 3.05. The van der Waals surface area contributed by atoms with Gasteiger partial charge in [-0.1, -0.05) is 19.1 Å². The van der Waals surface area contributed by atoms with Gasteiger partial charge in [0.05, 0.1) is 12.1 Å². The van der Waals surface area contributed by atoms with E-state index < -0.39 is 0 Å². The molecule has 0 spiro atoms. The molecule has 0 saturated heterocycles. The highest BCUT2D eigenvalue weighted by Gasteiger charge is 2.10. The van der Waals surface area contributed by atoms with Crippen LogP contribution in [0.2, 0.25) is 0 Å². The number of ether oxygens (including phenoxy) is 1. The molecule has 3 nitrogen and oxygen atoms in total. The topological polar surface area (TPSA) is 29.9 Å². The van der Waals surface area contributed by atoms with Crippen molar-refractivity contribution in [2.45, 2.75) is 13.3 Å². The lowest BCUT2D eigenvalue weighted by atomic mass is 10.2. The Bertz CT molecular complexity index is 838. The molecule has 3 rings (SSSR count). The molecule has 0 aliphatic carbocycles. The highest BCUT2D eigenvalue weighted by atomic mass is 127. The van der Waals surface area contributed by atoms with Gasteiger partial charge in [0, 0.05) is 9.26 Å². The summed E-state index contributed by atoms with van der Waals surface area (Å²) < 4.78 is 9.71. The third kappa shape index (κ3) is 2.85. The molecule has 0 radical (unpaired) electrons. The second-order valence-corrected chi connectivity index (χ2v) is 6.38. The minimum atomic E-state index is 0.680. The number of imidazole rings is 1. The van der Waals surface area contributed by atoms with Gasteiger partial charge in [0.1, 0.15) is 11.3 Å². The average Bonchev–Trinajstić information content (AvgIpc) is 2.81. The molecule has 0 aliphatic heterocycles. The first-order chi connectivity index (χ1) is 10.2. The molecule has 5 heteroatoms. The molecule has 0 fully saturated rings. The van der Waals surface area contributed by atoms with Gasteiger partial charge in [-0.2, -0.15) is 0 Å². The lowest BCUT2D eigenvalue weighted by Gasteiger charge is -2.07. The van der Waals surface area contributed by atoms with Crippen molar-refractivity contribution in [2.75, 3.05) is 6.61 Å². The largest absolute Gasteiger partial charge is 0.491 e. The van der Waals surface area contributed by atoms with Crippen LogP contribution in [-0.4, -0.2) is 16.2 Å². The van der Waals surface area contributed by atoms with Gasteiger partial charge >= 0.3 is 0 Å². The minimum Gasteiger partial charge on any atom is -0.491 e. The number of benzene rings is 2. The molecule has 3 aromatic rings. The van der Waals surface area contributed by atoms with Crippen LogP contribution in [0.25, 0.3) is 16.7 Å². The molecule has 0 bridgehead atoms. The van der Waals surface area contributed by atoms with Crippen LogP contribution in [0, 0.1) is 8.34 Å². The number of aromatic amines is 1. The number of para-hydroxylation sites is 1. The van der Waals surface area contributed by atoms with Crippen molar-refractivity contribution < 1.29 is 4.74 Å². The Morgan fingerprint density at radius 3 is 2.81 bits per heavy atom. The van der Waals surface area contributed by atoms with Crippen LogP contribution < -0.4 is 4.74 Å². The second-order valence-electron chi connectivity index (χ2n) is 4.74. The van der Waals surface area contributed by atoms with Crippen molar-refractivity contribution in [3.8, 4) is 11.4 Å². The molecule has 0 atom stereocenters. The van der Waals surface area contributed by atoms with Crippen molar-refractivity contribution in [3.63, 3.8) is 0 Å². The van der Waals surface area contributed by atoms with Crippen LogP contribution in [0.5, 0.6) is 5.75 Å². The quantitative estimate of drug-likeness (QED) is 0.480. The molecule has 0 saturated carbocycles. The van der Waals surface area contributed by atoms with E-state index in [2.05, 4.69) is 58.8 Å². The summed E-state index contributed by atoms with van der Waals surface area (Å²) >= 11 is 7.81. The van der Waals surface area contributed by atoms with Crippen LogP contribution >= 0.6 is 34.8 Å². The summed E-state index contributed by atoms with van der Waals surface area (Å²) in [5.74, 6) is 0.852. The van der Waals surface area contributed by atoms with Crippen LogP contribution in [0.3, 0.4) is 0 Å². The third-order valence-electron chi connectivity index (χ3n) is 3.21. The zero-order valence-electron chi connectivity index (χ0n) is 11.6. The Balaban J connectivity index is 2.20. The normalized spacial score (nSPS) is 11.0. The predicted octanol–water partition coefficient (Wildman–Crippen LogP) is 5.08. The lowest BCUT2D eigenvalue weighted by molar-refractivity contribution is 0.320. The summed E-state index contributed by atoms with van der Waals surface area (Å²) in [7, 11) is 0. The van der Waals surface area contributed by atoms with Gasteiger partial charge in [0.15, 0.2) is 4.77 Å². The van der Waals surface area contributed by atoms with Crippen LogP contribution in [0.15, 0.2) is 42.5 Å². The van der Waals surface area contributed by atoms with E-state index in [0.29, 0.717) is 11.4 Å². The first-order valence-electron chi connectivity index (χ1n) is 6.83. The molecule has 1 N–H and O–H groups in total. The Morgan fingerprint density at radius 2 is 2.05 bits per heavy atom. The third-order valence-corrected chi connectivity index (χ3v) is 4.16. The Hall–Kier alpha value is -1.34. The second kappa shape index (κ2) is 6.19. The highest BCUT2D eigenvalue weighted by Crippen LogP contribution is 2.27. The molecule has 0 unspecified atom stereocenters. The Kier molecular flexibility index (Phi) is 4.30. The van der Waals surface area contributed by atoms with Crippen LogP contribution in [0.4, 0.5) is 0 Å². The van der Waals surface area contributed by atoms with E-state index in [9.17, 15) is 0 Å². The maximum atomic E-state index is 5.80.